The monoisotopic (exact) mass is 262 g/mol. The second kappa shape index (κ2) is 6.68. The van der Waals surface area contributed by atoms with Crippen LogP contribution in [0.3, 0.4) is 0 Å². The van der Waals surface area contributed by atoms with Crippen molar-refractivity contribution in [3.63, 3.8) is 0 Å². The van der Waals surface area contributed by atoms with Crippen LogP contribution in [0.4, 0.5) is 0 Å². The third-order valence-electron chi connectivity index (χ3n) is 3.69. The Bertz CT molecular complexity index is 402. The number of hydrogen-bond acceptors (Lipinski definition) is 3. The number of ether oxygens (including phenoxy) is 1. The summed E-state index contributed by atoms with van der Waals surface area (Å²) in [4.78, 5) is 12.0. The van der Waals surface area contributed by atoms with Crippen LogP contribution in [0.5, 0.6) is 0 Å². The lowest BCUT2D eigenvalue weighted by atomic mass is 9.99. The zero-order valence-corrected chi connectivity index (χ0v) is 11.3. The van der Waals surface area contributed by atoms with Gasteiger partial charge >= 0.3 is 0 Å². The van der Waals surface area contributed by atoms with E-state index >= 15 is 0 Å². The molecule has 1 aromatic carbocycles. The molecule has 1 heterocycles. The van der Waals surface area contributed by atoms with E-state index in [0.29, 0.717) is 12.3 Å². The van der Waals surface area contributed by atoms with Crippen LogP contribution in [0.25, 0.3) is 0 Å². The molecule has 19 heavy (non-hydrogen) atoms. The maximum absolute atomic E-state index is 12.0. The SMILES string of the molecule is CC(NC(=O)CC(N)c1ccccc1)C1CCOC1. The van der Waals surface area contributed by atoms with E-state index in [9.17, 15) is 4.79 Å². The summed E-state index contributed by atoms with van der Waals surface area (Å²) in [6, 6.07) is 9.62. The molecule has 0 bridgehead atoms. The molecule has 1 aliphatic heterocycles. The number of benzene rings is 1. The quantitative estimate of drug-likeness (QED) is 0.847. The highest BCUT2D eigenvalue weighted by molar-refractivity contribution is 5.77. The molecule has 0 aromatic heterocycles. The van der Waals surface area contributed by atoms with Crippen LogP contribution in [-0.4, -0.2) is 25.2 Å². The second-order valence-corrected chi connectivity index (χ2v) is 5.20. The molecule has 1 aromatic rings. The van der Waals surface area contributed by atoms with E-state index in [4.69, 9.17) is 10.5 Å². The Morgan fingerprint density at radius 3 is 2.84 bits per heavy atom. The predicted molar refractivity (Wildman–Crippen MR) is 74.5 cm³/mol. The Morgan fingerprint density at radius 1 is 1.47 bits per heavy atom. The fourth-order valence-corrected chi connectivity index (χ4v) is 2.40. The molecular formula is C15H22N2O2. The van der Waals surface area contributed by atoms with Gasteiger partial charge in [0.05, 0.1) is 6.61 Å². The normalized spacial score (nSPS) is 21.9. The molecule has 1 fully saturated rings. The minimum atomic E-state index is -0.242. The first-order valence-electron chi connectivity index (χ1n) is 6.84. The van der Waals surface area contributed by atoms with E-state index in [-0.39, 0.29) is 18.0 Å². The predicted octanol–water partition coefficient (Wildman–Crippen LogP) is 1.62. The fraction of sp³-hybridized carbons (Fsp3) is 0.533. The molecule has 0 aliphatic carbocycles. The molecule has 4 heteroatoms. The zero-order valence-electron chi connectivity index (χ0n) is 11.3. The van der Waals surface area contributed by atoms with E-state index in [1.807, 2.05) is 37.3 Å². The molecule has 0 radical (unpaired) electrons. The van der Waals surface area contributed by atoms with E-state index in [2.05, 4.69) is 5.32 Å². The first kappa shape index (κ1) is 14.0. The molecule has 3 unspecified atom stereocenters. The van der Waals surface area contributed by atoms with Crippen molar-refractivity contribution in [2.24, 2.45) is 11.7 Å². The maximum atomic E-state index is 12.0. The van der Waals surface area contributed by atoms with Gasteiger partial charge in [-0.05, 0) is 18.9 Å². The van der Waals surface area contributed by atoms with Crippen molar-refractivity contribution in [3.8, 4) is 0 Å². The van der Waals surface area contributed by atoms with Crippen molar-refractivity contribution >= 4 is 5.91 Å². The van der Waals surface area contributed by atoms with Crippen molar-refractivity contribution in [3.05, 3.63) is 35.9 Å². The average Bonchev–Trinajstić information content (AvgIpc) is 2.93. The van der Waals surface area contributed by atoms with Gasteiger partial charge in [-0.3, -0.25) is 4.79 Å². The first-order valence-corrected chi connectivity index (χ1v) is 6.84. The molecule has 0 spiro atoms. The number of carbonyl (C=O) groups excluding carboxylic acids is 1. The summed E-state index contributed by atoms with van der Waals surface area (Å²) in [7, 11) is 0. The van der Waals surface area contributed by atoms with Gasteiger partial charge in [0.25, 0.3) is 0 Å². The Labute approximate surface area is 114 Å². The number of nitrogens with two attached hydrogens (primary N) is 1. The van der Waals surface area contributed by atoms with Crippen molar-refractivity contribution in [1.29, 1.82) is 0 Å². The Kier molecular flexibility index (Phi) is 4.93. The molecule has 1 saturated heterocycles. The molecular weight excluding hydrogens is 240 g/mol. The van der Waals surface area contributed by atoms with Crippen molar-refractivity contribution in [1.82, 2.24) is 5.32 Å². The molecule has 3 atom stereocenters. The number of carbonyl (C=O) groups is 1. The van der Waals surface area contributed by atoms with E-state index in [0.717, 1.165) is 25.2 Å². The lowest BCUT2D eigenvalue weighted by Crippen LogP contribution is -2.39. The summed E-state index contributed by atoms with van der Waals surface area (Å²) >= 11 is 0. The number of rotatable bonds is 5. The van der Waals surface area contributed by atoms with E-state index < -0.39 is 0 Å². The summed E-state index contributed by atoms with van der Waals surface area (Å²) in [5.74, 6) is 0.438. The van der Waals surface area contributed by atoms with Crippen LogP contribution in [0.2, 0.25) is 0 Å². The van der Waals surface area contributed by atoms with Crippen LogP contribution < -0.4 is 11.1 Å². The summed E-state index contributed by atoms with van der Waals surface area (Å²) in [6.45, 7) is 3.58. The summed E-state index contributed by atoms with van der Waals surface area (Å²) in [6.07, 6.45) is 1.34. The molecule has 1 amide bonds. The second-order valence-electron chi connectivity index (χ2n) is 5.20. The van der Waals surface area contributed by atoms with Gasteiger partial charge in [-0.2, -0.15) is 0 Å². The van der Waals surface area contributed by atoms with Gasteiger partial charge in [0.15, 0.2) is 0 Å². The minimum absolute atomic E-state index is 0.00996. The molecule has 3 N–H and O–H groups in total. The Balaban J connectivity index is 1.80. The van der Waals surface area contributed by atoms with E-state index in [1.54, 1.807) is 0 Å². The average molecular weight is 262 g/mol. The highest BCUT2D eigenvalue weighted by Gasteiger charge is 2.24. The van der Waals surface area contributed by atoms with Gasteiger partial charge < -0.3 is 15.8 Å². The Morgan fingerprint density at radius 2 is 2.21 bits per heavy atom. The summed E-state index contributed by atoms with van der Waals surface area (Å²) < 4.78 is 5.33. The number of nitrogens with one attached hydrogen (secondary N) is 1. The fourth-order valence-electron chi connectivity index (χ4n) is 2.40. The largest absolute Gasteiger partial charge is 0.381 e. The lowest BCUT2D eigenvalue weighted by Gasteiger charge is -2.20. The lowest BCUT2D eigenvalue weighted by molar-refractivity contribution is -0.122. The van der Waals surface area contributed by atoms with Crippen LogP contribution in [0.15, 0.2) is 30.3 Å². The van der Waals surface area contributed by atoms with Gasteiger partial charge in [0, 0.05) is 31.0 Å². The number of hydrogen-bond donors (Lipinski definition) is 2. The van der Waals surface area contributed by atoms with Crippen molar-refractivity contribution in [2.75, 3.05) is 13.2 Å². The third kappa shape index (κ3) is 4.04. The molecule has 1 aliphatic rings. The van der Waals surface area contributed by atoms with Crippen LogP contribution in [0.1, 0.15) is 31.4 Å². The van der Waals surface area contributed by atoms with Crippen molar-refractivity contribution < 1.29 is 9.53 Å². The van der Waals surface area contributed by atoms with Crippen LogP contribution in [0, 0.1) is 5.92 Å². The Hall–Kier alpha value is -1.39. The van der Waals surface area contributed by atoms with Gasteiger partial charge in [-0.25, -0.2) is 0 Å². The standard InChI is InChI=1S/C15H22N2O2/c1-11(13-7-8-19-10-13)17-15(18)9-14(16)12-5-3-2-4-6-12/h2-6,11,13-14H,7-10,16H2,1H3,(H,17,18). The van der Waals surface area contributed by atoms with Gasteiger partial charge in [-0.1, -0.05) is 30.3 Å². The highest BCUT2D eigenvalue weighted by atomic mass is 16.5. The highest BCUT2D eigenvalue weighted by Crippen LogP contribution is 2.17. The molecule has 2 rings (SSSR count). The van der Waals surface area contributed by atoms with Crippen LogP contribution in [-0.2, 0) is 9.53 Å². The smallest absolute Gasteiger partial charge is 0.222 e. The molecule has 104 valence electrons. The molecule has 0 saturated carbocycles. The van der Waals surface area contributed by atoms with E-state index in [1.165, 1.54) is 0 Å². The van der Waals surface area contributed by atoms with Gasteiger partial charge in [-0.15, -0.1) is 0 Å². The topological polar surface area (TPSA) is 64.4 Å². The number of amides is 1. The van der Waals surface area contributed by atoms with Gasteiger partial charge in [0.1, 0.15) is 0 Å². The summed E-state index contributed by atoms with van der Waals surface area (Å²) in [5, 5.41) is 3.02. The maximum Gasteiger partial charge on any atom is 0.222 e. The molecule has 4 nitrogen and oxygen atoms in total. The first-order chi connectivity index (χ1) is 9.16. The summed E-state index contributed by atoms with van der Waals surface area (Å²) in [5.41, 5.74) is 7.03. The minimum Gasteiger partial charge on any atom is -0.381 e. The van der Waals surface area contributed by atoms with Gasteiger partial charge in [0.2, 0.25) is 5.91 Å². The van der Waals surface area contributed by atoms with Crippen molar-refractivity contribution in [2.45, 2.75) is 31.8 Å². The van der Waals surface area contributed by atoms with Crippen LogP contribution >= 0.6 is 0 Å². The third-order valence-corrected chi connectivity index (χ3v) is 3.69. The zero-order chi connectivity index (χ0) is 13.7.